The van der Waals surface area contributed by atoms with Crippen LogP contribution in [0.4, 0.5) is 4.39 Å². The highest BCUT2D eigenvalue weighted by atomic mass is 19.1. The lowest BCUT2D eigenvalue weighted by molar-refractivity contribution is -0.136. The molecule has 2 fully saturated rings. The molecule has 1 unspecified atom stereocenters. The molecule has 0 radical (unpaired) electrons. The van der Waals surface area contributed by atoms with Crippen molar-refractivity contribution in [1.29, 1.82) is 0 Å². The first kappa shape index (κ1) is 25.4. The molecule has 2 aliphatic heterocycles. The summed E-state index contributed by atoms with van der Waals surface area (Å²) in [6.07, 6.45) is 1.77. The fraction of sp³-hybridized carbons (Fsp3) is 0.483. The lowest BCUT2D eigenvalue weighted by atomic mass is 9.68. The van der Waals surface area contributed by atoms with E-state index in [9.17, 15) is 14.0 Å². The zero-order valence-electron chi connectivity index (χ0n) is 22.1. The molecule has 3 aromatic rings. The topological polar surface area (TPSA) is 70.5 Å². The Morgan fingerprint density at radius 2 is 1.73 bits per heavy atom. The predicted octanol–water partition coefficient (Wildman–Crippen LogP) is 3.80. The van der Waals surface area contributed by atoms with Crippen molar-refractivity contribution in [2.45, 2.75) is 38.6 Å². The second kappa shape index (κ2) is 9.89. The first-order chi connectivity index (χ1) is 17.7. The number of fused-ring (bicyclic) bond motifs is 1. The predicted molar refractivity (Wildman–Crippen MR) is 142 cm³/mol. The summed E-state index contributed by atoms with van der Waals surface area (Å²) in [5.41, 5.74) is 2.44. The summed E-state index contributed by atoms with van der Waals surface area (Å²) >= 11 is 0. The van der Waals surface area contributed by atoms with Gasteiger partial charge in [-0.3, -0.25) is 14.3 Å². The maximum absolute atomic E-state index is 13.7. The molecule has 3 heterocycles. The van der Waals surface area contributed by atoms with Crippen LogP contribution in [0.3, 0.4) is 0 Å². The molecule has 2 aromatic carbocycles. The molecule has 5 rings (SSSR count). The zero-order chi connectivity index (χ0) is 26.3. The molecular weight excluding hydrogens is 469 g/mol. The average molecular weight is 506 g/mol. The number of carbonyl (C=O) groups excluding carboxylic acids is 2. The Labute approximate surface area is 217 Å². The smallest absolute Gasteiger partial charge is 0.273 e. The van der Waals surface area contributed by atoms with Gasteiger partial charge in [0.1, 0.15) is 11.9 Å². The Morgan fingerprint density at radius 3 is 2.41 bits per heavy atom. The average Bonchev–Trinajstić information content (AvgIpc) is 3.39. The van der Waals surface area contributed by atoms with Crippen LogP contribution in [0, 0.1) is 17.2 Å². The van der Waals surface area contributed by atoms with Gasteiger partial charge in [0.15, 0.2) is 5.69 Å². The molecule has 1 spiro atoms. The maximum atomic E-state index is 13.7. The fourth-order valence-electron chi connectivity index (χ4n) is 6.35. The number of hydrogen-bond donors (Lipinski definition) is 1. The largest absolute Gasteiger partial charge is 0.341 e. The second-order valence-corrected chi connectivity index (χ2v) is 11.2. The molecular formula is C29H36FN5O2. The number of amides is 2. The molecule has 0 saturated carbocycles. The number of rotatable bonds is 5. The number of para-hydroxylation sites is 1. The Bertz CT molecular complexity index is 1290. The lowest BCUT2D eigenvalue weighted by Crippen LogP contribution is -2.54. The Balaban J connectivity index is 1.29. The fourth-order valence-corrected chi connectivity index (χ4v) is 6.35. The van der Waals surface area contributed by atoms with Crippen LogP contribution in [0.5, 0.6) is 0 Å². The summed E-state index contributed by atoms with van der Waals surface area (Å²) in [4.78, 5) is 31.2. The monoisotopic (exact) mass is 505 g/mol. The third kappa shape index (κ3) is 4.75. The Morgan fingerprint density at radius 1 is 1.05 bits per heavy atom. The minimum atomic E-state index is -0.624. The van der Waals surface area contributed by atoms with Crippen LogP contribution in [0.15, 0.2) is 48.5 Å². The van der Waals surface area contributed by atoms with Crippen molar-refractivity contribution >= 4 is 22.7 Å². The van der Waals surface area contributed by atoms with E-state index in [1.807, 2.05) is 62.2 Å². The lowest BCUT2D eigenvalue weighted by Gasteiger charge is -2.44. The van der Waals surface area contributed by atoms with Crippen LogP contribution in [0.2, 0.25) is 0 Å². The highest BCUT2D eigenvalue weighted by molar-refractivity contribution is 6.06. The number of halogens is 1. The van der Waals surface area contributed by atoms with Gasteiger partial charge in [-0.1, -0.05) is 44.2 Å². The molecule has 2 atom stereocenters. The molecule has 7 nitrogen and oxygen atoms in total. The van der Waals surface area contributed by atoms with Crippen molar-refractivity contribution in [2.24, 2.45) is 18.4 Å². The van der Waals surface area contributed by atoms with Crippen molar-refractivity contribution in [1.82, 2.24) is 24.9 Å². The van der Waals surface area contributed by atoms with Gasteiger partial charge in [0.2, 0.25) is 5.91 Å². The number of aryl methyl sites for hydroxylation is 1. The van der Waals surface area contributed by atoms with Crippen LogP contribution in [-0.4, -0.2) is 70.7 Å². The van der Waals surface area contributed by atoms with Gasteiger partial charge < -0.3 is 15.1 Å². The number of nitrogens with zero attached hydrogens (tertiary/aromatic N) is 4. The van der Waals surface area contributed by atoms with Crippen molar-refractivity contribution in [3.05, 3.63) is 65.6 Å². The van der Waals surface area contributed by atoms with E-state index in [-0.39, 0.29) is 29.0 Å². The highest BCUT2D eigenvalue weighted by Gasteiger charge is 2.48. The van der Waals surface area contributed by atoms with Crippen LogP contribution in [0.1, 0.15) is 48.7 Å². The van der Waals surface area contributed by atoms with Gasteiger partial charge in [-0.2, -0.15) is 5.10 Å². The number of benzene rings is 2. The number of carbonyl (C=O) groups is 2. The minimum absolute atomic E-state index is 0.0388. The molecule has 2 aliphatic rings. The van der Waals surface area contributed by atoms with Crippen molar-refractivity contribution < 1.29 is 14.0 Å². The molecule has 37 heavy (non-hydrogen) atoms. The van der Waals surface area contributed by atoms with Gasteiger partial charge in [0.05, 0.1) is 5.52 Å². The Kier molecular flexibility index (Phi) is 6.79. The van der Waals surface area contributed by atoms with E-state index in [0.29, 0.717) is 24.7 Å². The Hall–Kier alpha value is -3.26. The summed E-state index contributed by atoms with van der Waals surface area (Å²) in [5.74, 6) is -0.334. The van der Waals surface area contributed by atoms with Gasteiger partial charge in [0.25, 0.3) is 5.91 Å². The van der Waals surface area contributed by atoms with Gasteiger partial charge in [0, 0.05) is 44.5 Å². The van der Waals surface area contributed by atoms with Crippen LogP contribution in [0.25, 0.3) is 10.9 Å². The summed E-state index contributed by atoms with van der Waals surface area (Å²) in [6, 6.07) is 13.9. The standard InChI is InChI=1S/C29H36FN5O2/c1-19(2)25(31-27(36)26-22-7-5-6-8-24(22)34(4)32-26)28(37)35-15-13-29(14-16-35)18-33(3)17-23(29)20-9-11-21(30)12-10-20/h5-12,19,23,25H,13-18H2,1-4H3,(H,31,36)/t23?,25-/m1/s1. The van der Waals surface area contributed by atoms with Gasteiger partial charge >= 0.3 is 0 Å². The van der Waals surface area contributed by atoms with E-state index in [0.717, 1.165) is 36.8 Å². The minimum Gasteiger partial charge on any atom is -0.341 e. The van der Waals surface area contributed by atoms with E-state index in [1.54, 1.807) is 16.8 Å². The van der Waals surface area contributed by atoms with E-state index >= 15 is 0 Å². The molecule has 8 heteroatoms. The number of likely N-dealkylation sites (tertiary alicyclic amines) is 2. The number of hydrogen-bond acceptors (Lipinski definition) is 4. The normalized spacial score (nSPS) is 20.6. The highest BCUT2D eigenvalue weighted by Crippen LogP contribution is 2.49. The first-order valence-electron chi connectivity index (χ1n) is 13.1. The number of piperidine rings is 1. The van der Waals surface area contributed by atoms with Crippen LogP contribution < -0.4 is 5.32 Å². The van der Waals surface area contributed by atoms with E-state index in [4.69, 9.17) is 0 Å². The third-order valence-electron chi connectivity index (χ3n) is 8.35. The van der Waals surface area contributed by atoms with Crippen molar-refractivity contribution in [2.75, 3.05) is 33.2 Å². The molecule has 1 aromatic heterocycles. The van der Waals surface area contributed by atoms with Crippen molar-refractivity contribution in [3.8, 4) is 0 Å². The first-order valence-corrected chi connectivity index (χ1v) is 13.1. The summed E-state index contributed by atoms with van der Waals surface area (Å²) in [5, 5.41) is 8.19. The maximum Gasteiger partial charge on any atom is 0.273 e. The van der Waals surface area contributed by atoms with Gasteiger partial charge in [-0.25, -0.2) is 4.39 Å². The summed E-state index contributed by atoms with van der Waals surface area (Å²) in [7, 11) is 3.95. The van der Waals surface area contributed by atoms with Gasteiger partial charge in [-0.05, 0) is 55.0 Å². The van der Waals surface area contributed by atoms with E-state index in [2.05, 4.69) is 22.4 Å². The number of aromatic nitrogens is 2. The molecule has 1 N–H and O–H groups in total. The zero-order valence-corrected chi connectivity index (χ0v) is 22.1. The molecule has 2 amide bonds. The number of nitrogens with one attached hydrogen (secondary N) is 1. The quantitative estimate of drug-likeness (QED) is 0.573. The van der Waals surface area contributed by atoms with E-state index < -0.39 is 6.04 Å². The summed E-state index contributed by atoms with van der Waals surface area (Å²) < 4.78 is 15.2. The van der Waals surface area contributed by atoms with Crippen LogP contribution in [-0.2, 0) is 11.8 Å². The molecule has 196 valence electrons. The third-order valence-corrected chi connectivity index (χ3v) is 8.35. The van der Waals surface area contributed by atoms with Crippen molar-refractivity contribution in [3.63, 3.8) is 0 Å². The van der Waals surface area contributed by atoms with Crippen LogP contribution >= 0.6 is 0 Å². The van der Waals surface area contributed by atoms with Gasteiger partial charge in [-0.15, -0.1) is 0 Å². The molecule has 0 bridgehead atoms. The second-order valence-electron chi connectivity index (χ2n) is 11.2. The molecule has 0 aliphatic carbocycles. The summed E-state index contributed by atoms with van der Waals surface area (Å²) in [6.45, 7) is 7.12. The SMILES string of the molecule is CC(C)[C@@H](NC(=O)c1nn(C)c2ccccc12)C(=O)N1CCC2(CC1)CN(C)CC2c1ccc(F)cc1. The molecule has 2 saturated heterocycles. The number of likely N-dealkylation sites (N-methyl/N-ethyl adjacent to an activating group) is 1. The van der Waals surface area contributed by atoms with E-state index in [1.165, 1.54) is 5.56 Å².